The van der Waals surface area contributed by atoms with Crippen molar-refractivity contribution >= 4 is 28.5 Å². The molecule has 3 aromatic carbocycles. The maximum Gasteiger partial charge on any atom is 0.338 e. The highest BCUT2D eigenvalue weighted by Gasteiger charge is 2.48. The van der Waals surface area contributed by atoms with Gasteiger partial charge >= 0.3 is 5.97 Å². The number of benzene rings is 3. The molecule has 2 heterocycles. The van der Waals surface area contributed by atoms with Gasteiger partial charge in [0.15, 0.2) is 0 Å². The average molecular weight is 538 g/mol. The van der Waals surface area contributed by atoms with E-state index in [0.29, 0.717) is 12.2 Å². The maximum atomic E-state index is 13.0. The van der Waals surface area contributed by atoms with E-state index in [0.717, 1.165) is 65.2 Å². The lowest BCUT2D eigenvalue weighted by Crippen LogP contribution is -2.47. The highest BCUT2D eigenvalue weighted by molar-refractivity contribution is 5.94. The molecular formula is C34H35NO5. The Balaban J connectivity index is 1.44. The molecule has 2 aliphatic heterocycles. The largest absolute Gasteiger partial charge is 0.484 e. The van der Waals surface area contributed by atoms with Gasteiger partial charge in [-0.05, 0) is 60.7 Å². The third-order valence-electron chi connectivity index (χ3n) is 8.34. The van der Waals surface area contributed by atoms with Crippen molar-refractivity contribution in [2.24, 2.45) is 5.92 Å². The second kappa shape index (κ2) is 11.0. The molecule has 0 N–H and O–H groups in total. The van der Waals surface area contributed by atoms with Crippen molar-refractivity contribution in [1.29, 1.82) is 0 Å². The Hall–Kier alpha value is -3.87. The number of rotatable bonds is 6. The van der Waals surface area contributed by atoms with Crippen molar-refractivity contribution < 1.29 is 23.7 Å². The molecule has 3 aromatic rings. The summed E-state index contributed by atoms with van der Waals surface area (Å²) < 4.78 is 24.2. The van der Waals surface area contributed by atoms with E-state index >= 15 is 0 Å². The fourth-order valence-electron chi connectivity index (χ4n) is 6.28. The molecule has 1 aliphatic carbocycles. The molecule has 3 atom stereocenters. The van der Waals surface area contributed by atoms with Gasteiger partial charge in [-0.15, -0.1) is 0 Å². The summed E-state index contributed by atoms with van der Waals surface area (Å²) in [6.07, 6.45) is 7.66. The van der Waals surface area contributed by atoms with Crippen LogP contribution in [0.2, 0.25) is 0 Å². The number of nitrogens with zero attached hydrogens (tertiary/aromatic N) is 1. The molecule has 3 aliphatic rings. The first-order valence-electron chi connectivity index (χ1n) is 14.0. The van der Waals surface area contributed by atoms with Gasteiger partial charge in [-0.2, -0.15) is 0 Å². The molecule has 0 radical (unpaired) electrons. The van der Waals surface area contributed by atoms with E-state index < -0.39 is 5.60 Å². The fourth-order valence-corrected chi connectivity index (χ4v) is 6.28. The second-order valence-electron chi connectivity index (χ2n) is 10.4. The molecule has 0 saturated carbocycles. The second-order valence-corrected chi connectivity index (χ2v) is 10.4. The Bertz CT molecular complexity index is 1500. The first kappa shape index (κ1) is 26.4. The minimum atomic E-state index is -0.860. The van der Waals surface area contributed by atoms with Gasteiger partial charge in [0.25, 0.3) is 0 Å². The van der Waals surface area contributed by atoms with E-state index in [1.54, 1.807) is 7.11 Å². The van der Waals surface area contributed by atoms with Gasteiger partial charge in [-0.3, -0.25) is 0 Å². The number of ether oxygens (including phenoxy) is 4. The summed E-state index contributed by atoms with van der Waals surface area (Å²) in [7, 11) is 1.73. The van der Waals surface area contributed by atoms with Crippen LogP contribution in [0.5, 0.6) is 5.75 Å². The molecule has 0 amide bonds. The number of carbonyl (C=O) groups excluding carboxylic acids is 1. The monoisotopic (exact) mass is 537 g/mol. The standard InChI is InChI=1S/C34H35NO5/c1-4-39-33(36)28-17-18-34(37-3,26-12-14-27(15-13-26)35-19-21-38-22-20-35)31(23(28)2)30-16-11-25-10-9-24-7-5-6-8-29(24)32(25)40-30/h5-18,30-31H,4,19-22H2,1-3H3. The minimum Gasteiger partial charge on any atom is -0.484 e. The minimum absolute atomic E-state index is 0.311. The lowest BCUT2D eigenvalue weighted by molar-refractivity contribution is -0.138. The maximum absolute atomic E-state index is 13.0. The number of hydrogen-bond acceptors (Lipinski definition) is 6. The van der Waals surface area contributed by atoms with Crippen LogP contribution in [0, 0.1) is 5.92 Å². The highest BCUT2D eigenvalue weighted by atomic mass is 16.5. The molecule has 6 nitrogen and oxygen atoms in total. The van der Waals surface area contributed by atoms with Crippen LogP contribution in [0.3, 0.4) is 0 Å². The normalized spacial score (nSPS) is 24.1. The molecule has 3 unspecified atom stereocenters. The molecule has 1 fully saturated rings. The van der Waals surface area contributed by atoms with E-state index in [2.05, 4.69) is 65.6 Å². The zero-order valence-corrected chi connectivity index (χ0v) is 23.3. The van der Waals surface area contributed by atoms with E-state index in [9.17, 15) is 4.79 Å². The molecule has 6 heteroatoms. The number of fused-ring (bicyclic) bond motifs is 3. The number of methoxy groups -OCH3 is 1. The zero-order valence-electron chi connectivity index (χ0n) is 23.3. The third-order valence-corrected chi connectivity index (χ3v) is 8.34. The lowest BCUT2D eigenvalue weighted by atomic mass is 9.69. The molecule has 6 rings (SSSR count). The fraction of sp³-hybridized carbons (Fsp3) is 0.324. The van der Waals surface area contributed by atoms with Crippen LogP contribution in [0.1, 0.15) is 25.0 Å². The van der Waals surface area contributed by atoms with Crippen LogP contribution in [-0.4, -0.2) is 52.1 Å². The zero-order chi connectivity index (χ0) is 27.7. The highest BCUT2D eigenvalue weighted by Crippen LogP contribution is 2.48. The summed E-state index contributed by atoms with van der Waals surface area (Å²) in [5.74, 6) is 0.192. The van der Waals surface area contributed by atoms with Crippen LogP contribution in [-0.2, 0) is 24.6 Å². The Morgan fingerprint density at radius 1 is 1.02 bits per heavy atom. The summed E-state index contributed by atoms with van der Waals surface area (Å²) in [6.45, 7) is 7.33. The van der Waals surface area contributed by atoms with Crippen molar-refractivity contribution in [3.05, 3.63) is 101 Å². The summed E-state index contributed by atoms with van der Waals surface area (Å²) in [5, 5.41) is 2.18. The summed E-state index contributed by atoms with van der Waals surface area (Å²) >= 11 is 0. The number of esters is 1. The number of morpholine rings is 1. The predicted molar refractivity (Wildman–Crippen MR) is 158 cm³/mol. The predicted octanol–water partition coefficient (Wildman–Crippen LogP) is 6.06. The van der Waals surface area contributed by atoms with Crippen LogP contribution >= 0.6 is 0 Å². The SMILES string of the molecule is CCOC(=O)C1=C(C)C(C2C=Cc3ccc4ccccc4c3O2)C(OC)(c2ccc(N3CCOCC3)cc2)C=C1. The smallest absolute Gasteiger partial charge is 0.338 e. The Morgan fingerprint density at radius 3 is 2.55 bits per heavy atom. The average Bonchev–Trinajstić information content (AvgIpc) is 3.01. The van der Waals surface area contributed by atoms with Crippen LogP contribution in [0.4, 0.5) is 5.69 Å². The van der Waals surface area contributed by atoms with Crippen LogP contribution in [0.25, 0.3) is 16.8 Å². The van der Waals surface area contributed by atoms with Crippen molar-refractivity contribution in [2.45, 2.75) is 25.6 Å². The molecule has 0 aromatic heterocycles. The summed E-state index contributed by atoms with van der Waals surface area (Å²) in [4.78, 5) is 15.4. The van der Waals surface area contributed by atoms with Crippen LogP contribution in [0.15, 0.2) is 90.0 Å². The van der Waals surface area contributed by atoms with Crippen molar-refractivity contribution in [2.75, 3.05) is 44.9 Å². The van der Waals surface area contributed by atoms with Gasteiger partial charge in [-0.25, -0.2) is 4.79 Å². The molecular weight excluding hydrogens is 502 g/mol. The number of hydrogen-bond donors (Lipinski definition) is 0. The molecule has 1 saturated heterocycles. The Kier molecular flexibility index (Phi) is 7.22. The lowest BCUT2D eigenvalue weighted by Gasteiger charge is -2.45. The molecule has 40 heavy (non-hydrogen) atoms. The first-order chi connectivity index (χ1) is 19.6. The summed E-state index contributed by atoms with van der Waals surface area (Å²) in [5.41, 5.74) is 3.75. The number of carbonyl (C=O) groups is 1. The Labute approximate surface area is 235 Å². The topological polar surface area (TPSA) is 57.2 Å². The van der Waals surface area contributed by atoms with Crippen molar-refractivity contribution in [3.63, 3.8) is 0 Å². The quantitative estimate of drug-likeness (QED) is 0.357. The van der Waals surface area contributed by atoms with E-state index in [1.165, 1.54) is 0 Å². The van der Waals surface area contributed by atoms with E-state index in [-0.39, 0.29) is 18.0 Å². The molecule has 206 valence electrons. The van der Waals surface area contributed by atoms with Gasteiger partial charge in [0.2, 0.25) is 0 Å². The molecule has 0 spiro atoms. The van der Waals surface area contributed by atoms with Gasteiger partial charge in [0.05, 0.1) is 31.3 Å². The van der Waals surface area contributed by atoms with E-state index in [1.807, 2.05) is 38.1 Å². The van der Waals surface area contributed by atoms with Crippen LogP contribution < -0.4 is 9.64 Å². The van der Waals surface area contributed by atoms with Crippen molar-refractivity contribution in [3.8, 4) is 5.75 Å². The third kappa shape index (κ3) is 4.51. The first-order valence-corrected chi connectivity index (χ1v) is 14.0. The van der Waals surface area contributed by atoms with Crippen molar-refractivity contribution in [1.82, 2.24) is 0 Å². The van der Waals surface area contributed by atoms with Gasteiger partial charge in [-0.1, -0.05) is 54.6 Å². The molecule has 0 bridgehead atoms. The Morgan fingerprint density at radius 2 is 1.80 bits per heavy atom. The van der Waals surface area contributed by atoms with Gasteiger partial charge < -0.3 is 23.8 Å². The van der Waals surface area contributed by atoms with E-state index in [4.69, 9.17) is 18.9 Å². The number of anilines is 1. The van der Waals surface area contributed by atoms with Gasteiger partial charge in [0.1, 0.15) is 17.5 Å². The summed E-state index contributed by atoms with van der Waals surface area (Å²) in [6, 6.07) is 21.0. The van der Waals surface area contributed by atoms with Gasteiger partial charge in [0, 0.05) is 36.8 Å².